The van der Waals surface area contributed by atoms with Gasteiger partial charge < -0.3 is 5.73 Å². The summed E-state index contributed by atoms with van der Waals surface area (Å²) in [5, 5.41) is 4.76. The normalized spacial score (nSPS) is 9.62. The topological polar surface area (TPSA) is 123 Å². The van der Waals surface area contributed by atoms with Crippen molar-refractivity contribution in [3.63, 3.8) is 0 Å². The molecular weight excluding hydrogens is 212 g/mol. The van der Waals surface area contributed by atoms with Crippen molar-refractivity contribution in [1.29, 1.82) is 0 Å². The van der Waals surface area contributed by atoms with Crippen molar-refractivity contribution in [3.05, 3.63) is 0 Å². The van der Waals surface area contributed by atoms with Crippen LogP contribution in [-0.4, -0.2) is 26.8 Å². The predicted octanol–water partition coefficient (Wildman–Crippen LogP) is -0.239. The zero-order valence-corrected chi connectivity index (χ0v) is 8.94. The van der Waals surface area contributed by atoms with Gasteiger partial charge in [0.1, 0.15) is 0 Å². The van der Waals surface area contributed by atoms with Gasteiger partial charge in [-0.1, -0.05) is 6.92 Å². The van der Waals surface area contributed by atoms with Crippen LogP contribution in [0.3, 0.4) is 0 Å². The highest BCUT2D eigenvalue weighted by Gasteiger charge is 2.07. The summed E-state index contributed by atoms with van der Waals surface area (Å²) in [6.45, 7) is 3.00. The molecule has 0 aromatic carbocycles. The van der Waals surface area contributed by atoms with E-state index in [0.717, 1.165) is 0 Å². The molecule has 8 nitrogen and oxygen atoms in total. The Hall–Kier alpha value is -2.25. The number of nitrogens with two attached hydrogens (primary N) is 1. The molecule has 0 bridgehead atoms. The fourth-order valence-corrected chi connectivity index (χ4v) is 0.875. The quantitative estimate of drug-likeness (QED) is 0.651. The Morgan fingerprint density at radius 2 is 1.75 bits per heavy atom. The average Bonchev–Trinajstić information content (AvgIpc) is 2.15. The second-order valence-corrected chi connectivity index (χ2v) is 2.92. The van der Waals surface area contributed by atoms with Gasteiger partial charge in [0.15, 0.2) is 0 Å². The van der Waals surface area contributed by atoms with Crippen molar-refractivity contribution in [2.45, 2.75) is 20.3 Å². The van der Waals surface area contributed by atoms with Gasteiger partial charge in [-0.05, 0) is 0 Å². The lowest BCUT2D eigenvalue weighted by molar-refractivity contribution is -0.116. The van der Waals surface area contributed by atoms with Crippen molar-refractivity contribution in [1.82, 2.24) is 15.0 Å². The first-order valence-electron chi connectivity index (χ1n) is 4.60. The summed E-state index contributed by atoms with van der Waals surface area (Å²) in [6.07, 6.45) is 0.293. The number of nitrogens with zero attached hydrogens (tertiary/aromatic N) is 3. The maximum Gasteiger partial charge on any atom is 0.236 e. The van der Waals surface area contributed by atoms with Gasteiger partial charge >= 0.3 is 0 Å². The molecule has 0 aliphatic heterocycles. The summed E-state index contributed by atoms with van der Waals surface area (Å²) in [5.74, 6) is -0.641. The molecule has 1 aromatic rings. The number of hydrogen-bond donors (Lipinski definition) is 3. The molecule has 0 saturated carbocycles. The van der Waals surface area contributed by atoms with Crippen LogP contribution in [0.1, 0.15) is 20.3 Å². The molecule has 86 valence electrons. The minimum Gasteiger partial charge on any atom is -0.368 e. The first-order valence-corrected chi connectivity index (χ1v) is 4.60. The van der Waals surface area contributed by atoms with Crippen LogP contribution in [0.4, 0.5) is 17.8 Å². The Labute approximate surface area is 91.7 Å². The summed E-state index contributed by atoms with van der Waals surface area (Å²) in [5.41, 5.74) is 5.39. The predicted molar refractivity (Wildman–Crippen MR) is 57.5 cm³/mol. The third-order valence-electron chi connectivity index (χ3n) is 1.51. The SMILES string of the molecule is CCC(=O)Nc1nc(N)nc(NC(C)=O)n1. The second-order valence-electron chi connectivity index (χ2n) is 2.92. The Kier molecular flexibility index (Phi) is 3.70. The number of nitrogens with one attached hydrogen (secondary N) is 2. The van der Waals surface area contributed by atoms with Crippen LogP contribution in [0.5, 0.6) is 0 Å². The number of carbonyl (C=O) groups excluding carboxylic acids is 2. The van der Waals surface area contributed by atoms with Crippen LogP contribution < -0.4 is 16.4 Å². The standard InChI is InChI=1S/C8H12N6O2/c1-3-5(16)11-8-13-6(9)12-7(14-8)10-4(2)15/h3H2,1-2H3,(H4,9,10,11,12,13,14,15,16). The lowest BCUT2D eigenvalue weighted by atomic mass is 10.5. The molecule has 0 fully saturated rings. The van der Waals surface area contributed by atoms with Crippen LogP contribution in [-0.2, 0) is 9.59 Å². The van der Waals surface area contributed by atoms with Crippen LogP contribution in [0.15, 0.2) is 0 Å². The van der Waals surface area contributed by atoms with Gasteiger partial charge in [0.25, 0.3) is 0 Å². The first-order chi connectivity index (χ1) is 7.51. The number of carbonyl (C=O) groups is 2. The van der Waals surface area contributed by atoms with E-state index < -0.39 is 0 Å². The van der Waals surface area contributed by atoms with E-state index in [9.17, 15) is 9.59 Å². The Morgan fingerprint density at radius 1 is 1.19 bits per heavy atom. The monoisotopic (exact) mass is 224 g/mol. The highest BCUT2D eigenvalue weighted by molar-refractivity contribution is 5.89. The van der Waals surface area contributed by atoms with Crippen LogP contribution in [0.25, 0.3) is 0 Å². The Morgan fingerprint density at radius 3 is 2.25 bits per heavy atom. The largest absolute Gasteiger partial charge is 0.368 e. The number of nitrogen functional groups attached to an aromatic ring is 1. The minimum absolute atomic E-state index is 0.00593. The van der Waals surface area contributed by atoms with Crippen molar-refractivity contribution in [2.75, 3.05) is 16.4 Å². The summed E-state index contributed by atoms with van der Waals surface area (Å²) < 4.78 is 0. The van der Waals surface area contributed by atoms with Crippen molar-refractivity contribution >= 4 is 29.7 Å². The molecule has 1 rings (SSSR count). The molecule has 8 heteroatoms. The van der Waals surface area contributed by atoms with E-state index >= 15 is 0 Å². The van der Waals surface area contributed by atoms with Crippen LogP contribution in [0, 0.1) is 0 Å². The molecule has 0 atom stereocenters. The summed E-state index contributed by atoms with van der Waals surface area (Å²) in [6, 6.07) is 0. The molecule has 0 aliphatic carbocycles. The number of anilines is 3. The first kappa shape index (κ1) is 11.8. The Bertz CT molecular complexity index is 419. The number of hydrogen-bond acceptors (Lipinski definition) is 6. The smallest absolute Gasteiger partial charge is 0.236 e. The number of aromatic nitrogens is 3. The van der Waals surface area contributed by atoms with Gasteiger partial charge in [-0.25, -0.2) is 0 Å². The van der Waals surface area contributed by atoms with Crippen molar-refractivity contribution < 1.29 is 9.59 Å². The van der Waals surface area contributed by atoms with E-state index in [1.54, 1.807) is 6.92 Å². The van der Waals surface area contributed by atoms with Gasteiger partial charge in [0.2, 0.25) is 29.7 Å². The molecule has 0 radical (unpaired) electrons. The lowest BCUT2D eigenvalue weighted by Crippen LogP contribution is -2.16. The summed E-state index contributed by atoms with van der Waals surface area (Å²) >= 11 is 0. The number of rotatable bonds is 3. The third-order valence-corrected chi connectivity index (χ3v) is 1.51. The molecule has 16 heavy (non-hydrogen) atoms. The Balaban J connectivity index is 2.89. The maximum absolute atomic E-state index is 11.1. The van der Waals surface area contributed by atoms with E-state index in [1.165, 1.54) is 6.92 Å². The molecule has 1 aromatic heterocycles. The minimum atomic E-state index is -0.335. The van der Waals surface area contributed by atoms with Gasteiger partial charge in [0.05, 0.1) is 0 Å². The molecule has 2 amide bonds. The van der Waals surface area contributed by atoms with Gasteiger partial charge in [-0.15, -0.1) is 0 Å². The van der Waals surface area contributed by atoms with Gasteiger partial charge in [-0.3, -0.25) is 20.2 Å². The summed E-state index contributed by atoms with van der Waals surface area (Å²) in [7, 11) is 0. The molecular formula is C8H12N6O2. The van der Waals surface area contributed by atoms with Crippen molar-refractivity contribution in [3.8, 4) is 0 Å². The van der Waals surface area contributed by atoms with E-state index in [4.69, 9.17) is 5.73 Å². The van der Waals surface area contributed by atoms with Crippen LogP contribution in [0.2, 0.25) is 0 Å². The third kappa shape index (κ3) is 3.48. The molecule has 1 heterocycles. The molecule has 0 unspecified atom stereocenters. The van der Waals surface area contributed by atoms with Crippen molar-refractivity contribution in [2.24, 2.45) is 0 Å². The van der Waals surface area contributed by atoms with E-state index in [0.29, 0.717) is 6.42 Å². The molecule has 0 spiro atoms. The number of amides is 2. The fourth-order valence-electron chi connectivity index (χ4n) is 0.875. The van der Waals surface area contributed by atoms with Gasteiger partial charge in [-0.2, -0.15) is 15.0 Å². The molecule has 0 aliphatic rings. The van der Waals surface area contributed by atoms with Gasteiger partial charge in [0, 0.05) is 13.3 Å². The maximum atomic E-state index is 11.1. The van der Waals surface area contributed by atoms with Crippen LogP contribution >= 0.6 is 0 Å². The van der Waals surface area contributed by atoms with E-state index in [-0.39, 0.29) is 29.7 Å². The fraction of sp³-hybridized carbons (Fsp3) is 0.375. The van der Waals surface area contributed by atoms with E-state index in [1.807, 2.05) is 0 Å². The highest BCUT2D eigenvalue weighted by Crippen LogP contribution is 2.06. The molecule has 0 saturated heterocycles. The highest BCUT2D eigenvalue weighted by atomic mass is 16.2. The lowest BCUT2D eigenvalue weighted by Gasteiger charge is -2.05. The summed E-state index contributed by atoms with van der Waals surface area (Å²) in [4.78, 5) is 33.0. The molecule has 4 N–H and O–H groups in total. The zero-order valence-electron chi connectivity index (χ0n) is 8.94. The van der Waals surface area contributed by atoms with E-state index in [2.05, 4.69) is 25.6 Å². The second kappa shape index (κ2) is 5.01. The zero-order chi connectivity index (χ0) is 12.1. The average molecular weight is 224 g/mol.